The summed E-state index contributed by atoms with van der Waals surface area (Å²) in [5, 5.41) is 0. The Labute approximate surface area is 172 Å². The number of hydrogen-bond acceptors (Lipinski definition) is 3. The average molecular weight is 394 g/mol. The summed E-state index contributed by atoms with van der Waals surface area (Å²) >= 11 is 0. The molecule has 0 bridgehead atoms. The standard InChI is InChI=1S/C24H28N2O3/c1-2-28-22-7-3-19(4-8-22)6-10-24(27)26-14-12-25(13-15-26)18-20-5-9-23-21(17-20)11-16-29-23/h3-10,17H,2,11-16,18H2,1H3/p+1/b10-6+. The second-order valence-electron chi connectivity index (χ2n) is 7.63. The Balaban J connectivity index is 1.26. The number of carbonyl (C=O) groups is 1. The second kappa shape index (κ2) is 9.14. The van der Waals surface area contributed by atoms with Crippen LogP contribution in [0, 0.1) is 0 Å². The SMILES string of the molecule is CCOc1ccc(/C=C/C(=O)N2CC[NH+](Cc3ccc4c(c3)CCO4)CC2)cc1. The molecular weight excluding hydrogens is 364 g/mol. The van der Waals surface area contributed by atoms with Gasteiger partial charge in [-0.2, -0.15) is 0 Å². The van der Waals surface area contributed by atoms with Crippen LogP contribution in [0.5, 0.6) is 11.5 Å². The highest BCUT2D eigenvalue weighted by Crippen LogP contribution is 2.25. The number of carbonyl (C=O) groups excluding carboxylic acids is 1. The third kappa shape index (κ3) is 4.98. The lowest BCUT2D eigenvalue weighted by molar-refractivity contribution is -0.917. The molecule has 1 fully saturated rings. The molecule has 1 N–H and O–H groups in total. The minimum Gasteiger partial charge on any atom is -0.494 e. The highest BCUT2D eigenvalue weighted by Gasteiger charge is 2.23. The smallest absolute Gasteiger partial charge is 0.246 e. The maximum atomic E-state index is 12.5. The largest absolute Gasteiger partial charge is 0.494 e. The molecule has 0 saturated carbocycles. The minimum absolute atomic E-state index is 0.0904. The molecule has 0 unspecified atom stereocenters. The lowest BCUT2D eigenvalue weighted by atomic mass is 10.1. The van der Waals surface area contributed by atoms with Gasteiger partial charge in [-0.15, -0.1) is 0 Å². The summed E-state index contributed by atoms with van der Waals surface area (Å²) in [5.41, 5.74) is 3.70. The van der Waals surface area contributed by atoms with Crippen molar-refractivity contribution >= 4 is 12.0 Å². The van der Waals surface area contributed by atoms with Crippen LogP contribution in [0.3, 0.4) is 0 Å². The van der Waals surface area contributed by atoms with E-state index in [1.54, 1.807) is 6.08 Å². The van der Waals surface area contributed by atoms with Gasteiger partial charge in [-0.3, -0.25) is 4.79 Å². The Morgan fingerprint density at radius 2 is 1.97 bits per heavy atom. The Bertz CT molecular complexity index is 868. The maximum Gasteiger partial charge on any atom is 0.246 e. The first-order chi connectivity index (χ1) is 14.2. The molecule has 1 amide bonds. The van der Waals surface area contributed by atoms with Gasteiger partial charge < -0.3 is 19.3 Å². The molecule has 2 aromatic carbocycles. The van der Waals surface area contributed by atoms with Crippen molar-refractivity contribution in [1.82, 2.24) is 4.90 Å². The first kappa shape index (κ1) is 19.5. The Morgan fingerprint density at radius 3 is 2.72 bits per heavy atom. The lowest BCUT2D eigenvalue weighted by Crippen LogP contribution is -3.13. The van der Waals surface area contributed by atoms with E-state index in [0.717, 1.165) is 62.8 Å². The Kier molecular flexibility index (Phi) is 6.15. The fourth-order valence-electron chi connectivity index (χ4n) is 3.97. The normalized spacial score (nSPS) is 16.7. The van der Waals surface area contributed by atoms with Crippen LogP contribution in [0.2, 0.25) is 0 Å². The summed E-state index contributed by atoms with van der Waals surface area (Å²) in [6, 6.07) is 14.4. The van der Waals surface area contributed by atoms with Gasteiger partial charge in [0.2, 0.25) is 5.91 Å². The summed E-state index contributed by atoms with van der Waals surface area (Å²) in [6.45, 7) is 8.00. The summed E-state index contributed by atoms with van der Waals surface area (Å²) in [5.74, 6) is 1.98. The Hall–Kier alpha value is -2.79. The van der Waals surface area contributed by atoms with E-state index in [9.17, 15) is 4.79 Å². The summed E-state index contributed by atoms with van der Waals surface area (Å²) in [6.07, 6.45) is 4.58. The number of nitrogens with zero attached hydrogens (tertiary/aromatic N) is 1. The van der Waals surface area contributed by atoms with Crippen LogP contribution in [0.1, 0.15) is 23.6 Å². The molecule has 0 aromatic heterocycles. The van der Waals surface area contributed by atoms with Gasteiger partial charge in [-0.05, 0) is 54.5 Å². The fourth-order valence-corrected chi connectivity index (χ4v) is 3.97. The zero-order valence-electron chi connectivity index (χ0n) is 17.0. The second-order valence-corrected chi connectivity index (χ2v) is 7.63. The van der Waals surface area contributed by atoms with Crippen LogP contribution in [0.25, 0.3) is 6.08 Å². The molecule has 4 rings (SSSR count). The molecule has 2 aliphatic rings. The summed E-state index contributed by atoms with van der Waals surface area (Å²) in [7, 11) is 0. The molecule has 2 aromatic rings. The van der Waals surface area contributed by atoms with Crippen molar-refractivity contribution in [3.05, 3.63) is 65.2 Å². The molecule has 0 atom stereocenters. The van der Waals surface area contributed by atoms with Gasteiger partial charge >= 0.3 is 0 Å². The summed E-state index contributed by atoms with van der Waals surface area (Å²) in [4.78, 5) is 16.0. The number of ether oxygens (including phenoxy) is 2. The van der Waals surface area contributed by atoms with Crippen molar-refractivity contribution in [2.75, 3.05) is 39.4 Å². The number of hydrogen-bond donors (Lipinski definition) is 1. The number of nitrogens with one attached hydrogen (secondary N) is 1. The number of benzene rings is 2. The maximum absolute atomic E-state index is 12.5. The first-order valence-corrected chi connectivity index (χ1v) is 10.5. The molecule has 0 aliphatic carbocycles. The van der Waals surface area contributed by atoms with Crippen molar-refractivity contribution in [2.24, 2.45) is 0 Å². The van der Waals surface area contributed by atoms with Gasteiger partial charge in [0.1, 0.15) is 18.0 Å². The van der Waals surface area contributed by atoms with Crippen molar-refractivity contribution in [1.29, 1.82) is 0 Å². The summed E-state index contributed by atoms with van der Waals surface area (Å²) < 4.78 is 11.0. The van der Waals surface area contributed by atoms with Gasteiger partial charge in [0, 0.05) is 18.1 Å². The van der Waals surface area contributed by atoms with Crippen LogP contribution < -0.4 is 14.4 Å². The average Bonchev–Trinajstić information content (AvgIpc) is 3.22. The highest BCUT2D eigenvalue weighted by atomic mass is 16.5. The van der Waals surface area contributed by atoms with E-state index >= 15 is 0 Å². The van der Waals surface area contributed by atoms with Crippen LogP contribution >= 0.6 is 0 Å². The lowest BCUT2D eigenvalue weighted by Gasteiger charge is -2.31. The Morgan fingerprint density at radius 1 is 1.17 bits per heavy atom. The fraction of sp³-hybridized carbons (Fsp3) is 0.375. The van der Waals surface area contributed by atoms with Crippen LogP contribution in [-0.4, -0.2) is 50.2 Å². The van der Waals surface area contributed by atoms with E-state index in [0.29, 0.717) is 6.61 Å². The number of amides is 1. The molecule has 0 spiro atoms. The molecule has 5 heteroatoms. The predicted octanol–water partition coefficient (Wildman–Crippen LogP) is 1.96. The molecule has 5 nitrogen and oxygen atoms in total. The van der Waals surface area contributed by atoms with Gasteiger partial charge in [-0.25, -0.2) is 0 Å². The molecule has 2 heterocycles. The van der Waals surface area contributed by atoms with Crippen molar-refractivity contribution < 1.29 is 19.2 Å². The van der Waals surface area contributed by atoms with Gasteiger partial charge in [-0.1, -0.05) is 12.1 Å². The van der Waals surface area contributed by atoms with Gasteiger partial charge in [0.15, 0.2) is 0 Å². The molecule has 1 saturated heterocycles. The molecule has 29 heavy (non-hydrogen) atoms. The number of rotatable bonds is 6. The number of quaternary nitrogens is 1. The van der Waals surface area contributed by atoms with E-state index < -0.39 is 0 Å². The van der Waals surface area contributed by atoms with Gasteiger partial charge in [0.25, 0.3) is 0 Å². The van der Waals surface area contributed by atoms with E-state index in [1.807, 2.05) is 42.2 Å². The van der Waals surface area contributed by atoms with E-state index in [1.165, 1.54) is 16.0 Å². The van der Waals surface area contributed by atoms with Crippen molar-refractivity contribution in [3.8, 4) is 11.5 Å². The zero-order chi connectivity index (χ0) is 20.1. The first-order valence-electron chi connectivity index (χ1n) is 10.5. The van der Waals surface area contributed by atoms with Crippen LogP contribution in [0.15, 0.2) is 48.5 Å². The monoisotopic (exact) mass is 393 g/mol. The molecule has 152 valence electrons. The third-order valence-corrected chi connectivity index (χ3v) is 5.60. The quantitative estimate of drug-likeness (QED) is 0.763. The van der Waals surface area contributed by atoms with Crippen molar-refractivity contribution in [2.45, 2.75) is 19.9 Å². The highest BCUT2D eigenvalue weighted by molar-refractivity contribution is 5.91. The number of fused-ring (bicyclic) bond motifs is 1. The third-order valence-electron chi connectivity index (χ3n) is 5.60. The predicted molar refractivity (Wildman–Crippen MR) is 113 cm³/mol. The molecular formula is C24H29N2O3+. The molecule has 0 radical (unpaired) electrons. The minimum atomic E-state index is 0.0904. The molecule has 2 aliphatic heterocycles. The van der Waals surface area contributed by atoms with Crippen LogP contribution in [0.4, 0.5) is 0 Å². The zero-order valence-corrected chi connectivity index (χ0v) is 17.0. The van der Waals surface area contributed by atoms with Crippen LogP contribution in [-0.2, 0) is 17.8 Å². The van der Waals surface area contributed by atoms with E-state index in [4.69, 9.17) is 9.47 Å². The van der Waals surface area contributed by atoms with Crippen molar-refractivity contribution in [3.63, 3.8) is 0 Å². The number of piperazine rings is 1. The van der Waals surface area contributed by atoms with E-state index in [-0.39, 0.29) is 5.91 Å². The topological polar surface area (TPSA) is 43.2 Å². The van der Waals surface area contributed by atoms with E-state index in [2.05, 4.69) is 18.2 Å². The van der Waals surface area contributed by atoms with Gasteiger partial charge in [0.05, 0.1) is 39.4 Å².